The van der Waals surface area contributed by atoms with E-state index in [1.54, 1.807) is 0 Å². The Kier molecular flexibility index (Phi) is 10.3. The van der Waals surface area contributed by atoms with Gasteiger partial charge in [-0.25, -0.2) is 0 Å². The van der Waals surface area contributed by atoms with E-state index < -0.39 is 0 Å². The van der Waals surface area contributed by atoms with Gasteiger partial charge in [-0.05, 0) is 62.1 Å². The van der Waals surface area contributed by atoms with Gasteiger partial charge in [0.1, 0.15) is 6.79 Å². The number of aryl methyl sites for hydroxylation is 1. The first-order valence-corrected chi connectivity index (χ1v) is 8.20. The third-order valence-corrected chi connectivity index (χ3v) is 3.63. The molecule has 3 heteroatoms. The summed E-state index contributed by atoms with van der Waals surface area (Å²) in [4.78, 5) is 10.4. The third-order valence-electron chi connectivity index (χ3n) is 3.40. The molecule has 1 heterocycles. The van der Waals surface area contributed by atoms with Crippen LogP contribution in [-0.2, 0) is 4.79 Å². The molecule has 0 saturated heterocycles. The first kappa shape index (κ1) is 20.5. The fraction of sp³-hybridized carbons (Fsp3) is 0.421. The van der Waals surface area contributed by atoms with Gasteiger partial charge < -0.3 is 9.69 Å². The summed E-state index contributed by atoms with van der Waals surface area (Å²) in [5, 5.41) is 0.807. The quantitative estimate of drug-likeness (QED) is 0.686. The number of anilines is 1. The molecule has 1 aliphatic heterocycles. The maximum Gasteiger partial charge on any atom is 0.106 e. The van der Waals surface area contributed by atoms with Crippen molar-refractivity contribution in [1.29, 1.82) is 0 Å². The second-order valence-corrected chi connectivity index (χ2v) is 5.25. The fourth-order valence-electron chi connectivity index (χ4n) is 2.39. The SMILES string of the molecule is C=O.CC.CC/C=C\C1=C(C)CCN1c1ccc(Cl)cc1C. The number of hydrogen-bond acceptors (Lipinski definition) is 2. The fourth-order valence-corrected chi connectivity index (χ4v) is 2.62. The normalized spacial score (nSPS) is 13.6. The molecular weight excluding hydrogens is 294 g/mol. The zero-order chi connectivity index (χ0) is 17.1. The van der Waals surface area contributed by atoms with E-state index in [-0.39, 0.29) is 0 Å². The van der Waals surface area contributed by atoms with E-state index in [1.165, 1.54) is 22.5 Å². The lowest BCUT2D eigenvalue weighted by atomic mass is 10.1. The Bertz CT molecular complexity index is 520. The van der Waals surface area contributed by atoms with E-state index in [0.717, 1.165) is 24.4 Å². The van der Waals surface area contributed by atoms with Crippen molar-refractivity contribution < 1.29 is 4.79 Å². The van der Waals surface area contributed by atoms with Crippen LogP contribution < -0.4 is 4.90 Å². The third kappa shape index (κ3) is 5.34. The van der Waals surface area contributed by atoms with Crippen LogP contribution in [0.2, 0.25) is 5.02 Å². The van der Waals surface area contributed by atoms with Crippen LogP contribution in [0.5, 0.6) is 0 Å². The molecule has 0 fully saturated rings. The van der Waals surface area contributed by atoms with Gasteiger partial charge in [0.25, 0.3) is 0 Å². The van der Waals surface area contributed by atoms with Gasteiger partial charge in [-0.15, -0.1) is 0 Å². The molecule has 0 amide bonds. The monoisotopic (exact) mass is 321 g/mol. The predicted octanol–water partition coefficient (Wildman–Crippen LogP) is 5.94. The minimum atomic E-state index is 0.807. The van der Waals surface area contributed by atoms with Gasteiger partial charge in [0.05, 0.1) is 0 Å². The Morgan fingerprint density at radius 2 is 1.91 bits per heavy atom. The van der Waals surface area contributed by atoms with E-state index in [9.17, 15) is 0 Å². The van der Waals surface area contributed by atoms with Gasteiger partial charge >= 0.3 is 0 Å². The lowest BCUT2D eigenvalue weighted by molar-refractivity contribution is -0.0979. The van der Waals surface area contributed by atoms with Gasteiger partial charge in [-0.1, -0.05) is 38.4 Å². The zero-order valence-electron chi connectivity index (χ0n) is 14.4. The lowest BCUT2D eigenvalue weighted by Gasteiger charge is -2.23. The topological polar surface area (TPSA) is 20.3 Å². The van der Waals surface area contributed by atoms with E-state index in [2.05, 4.69) is 43.9 Å². The highest BCUT2D eigenvalue weighted by Gasteiger charge is 2.20. The Morgan fingerprint density at radius 3 is 2.45 bits per heavy atom. The number of halogens is 1. The van der Waals surface area contributed by atoms with Crippen LogP contribution in [-0.4, -0.2) is 13.3 Å². The molecule has 122 valence electrons. The van der Waals surface area contributed by atoms with Crippen molar-refractivity contribution >= 4 is 24.1 Å². The average Bonchev–Trinajstić information content (AvgIpc) is 2.90. The summed E-state index contributed by atoms with van der Waals surface area (Å²) in [6, 6.07) is 6.13. The molecule has 22 heavy (non-hydrogen) atoms. The van der Waals surface area contributed by atoms with Crippen molar-refractivity contribution in [2.75, 3.05) is 11.4 Å². The summed E-state index contributed by atoms with van der Waals surface area (Å²) in [7, 11) is 0. The molecular formula is C19H28ClNO. The summed E-state index contributed by atoms with van der Waals surface area (Å²) >= 11 is 6.03. The highest BCUT2D eigenvalue weighted by molar-refractivity contribution is 6.30. The number of carbonyl (C=O) groups excluding carboxylic acids is 1. The average molecular weight is 322 g/mol. The molecule has 0 N–H and O–H groups in total. The van der Waals surface area contributed by atoms with Gasteiger partial charge in [-0.2, -0.15) is 0 Å². The van der Waals surface area contributed by atoms with E-state index >= 15 is 0 Å². The summed E-state index contributed by atoms with van der Waals surface area (Å²) in [5.41, 5.74) is 5.32. The maximum absolute atomic E-state index is 8.00. The molecule has 0 atom stereocenters. The minimum Gasteiger partial charge on any atom is -0.341 e. The number of rotatable bonds is 3. The van der Waals surface area contributed by atoms with Crippen LogP contribution >= 0.6 is 11.6 Å². The molecule has 0 unspecified atom stereocenters. The molecule has 1 aromatic rings. The van der Waals surface area contributed by atoms with Crippen molar-refractivity contribution in [3.05, 3.63) is 52.2 Å². The van der Waals surface area contributed by atoms with Crippen LogP contribution in [0.15, 0.2) is 41.6 Å². The van der Waals surface area contributed by atoms with Crippen molar-refractivity contribution in [2.24, 2.45) is 0 Å². The number of hydrogen-bond donors (Lipinski definition) is 0. The first-order chi connectivity index (χ1) is 10.6. The molecule has 1 aliphatic rings. The maximum atomic E-state index is 8.00. The Balaban J connectivity index is 0.00000102. The van der Waals surface area contributed by atoms with Crippen molar-refractivity contribution in [3.63, 3.8) is 0 Å². The smallest absolute Gasteiger partial charge is 0.106 e. The van der Waals surface area contributed by atoms with E-state index in [4.69, 9.17) is 16.4 Å². The van der Waals surface area contributed by atoms with E-state index in [1.807, 2.05) is 32.8 Å². The number of benzene rings is 1. The highest BCUT2D eigenvalue weighted by Crippen LogP contribution is 2.33. The first-order valence-electron chi connectivity index (χ1n) is 7.82. The van der Waals surface area contributed by atoms with Crippen molar-refractivity contribution in [2.45, 2.75) is 47.5 Å². The summed E-state index contributed by atoms with van der Waals surface area (Å²) < 4.78 is 0. The number of allylic oxidation sites excluding steroid dienone is 2. The summed E-state index contributed by atoms with van der Waals surface area (Å²) in [6.07, 6.45) is 6.69. The van der Waals surface area contributed by atoms with Gasteiger partial charge in [-0.3, -0.25) is 0 Å². The molecule has 1 aromatic carbocycles. The second kappa shape index (κ2) is 11.1. The van der Waals surface area contributed by atoms with Crippen LogP contribution in [0.1, 0.15) is 46.1 Å². The molecule has 2 nitrogen and oxygen atoms in total. The molecule has 0 aliphatic carbocycles. The van der Waals surface area contributed by atoms with Crippen molar-refractivity contribution in [1.82, 2.24) is 0 Å². The number of carbonyl (C=O) groups is 1. The Labute approximate surface area is 140 Å². The lowest BCUT2D eigenvalue weighted by Crippen LogP contribution is -2.18. The molecule has 0 aromatic heterocycles. The molecule has 0 radical (unpaired) electrons. The second-order valence-electron chi connectivity index (χ2n) is 4.81. The van der Waals surface area contributed by atoms with Crippen LogP contribution in [0.25, 0.3) is 0 Å². The van der Waals surface area contributed by atoms with E-state index in [0.29, 0.717) is 0 Å². The molecule has 0 saturated carbocycles. The summed E-state index contributed by atoms with van der Waals surface area (Å²) in [6.45, 7) is 13.6. The van der Waals surface area contributed by atoms with Crippen LogP contribution in [0.3, 0.4) is 0 Å². The standard InChI is InChI=1S/C16H20ClN.C2H6.CH2O/c1-4-5-6-15-12(2)9-10-18(15)16-8-7-14(17)11-13(16)3;2*1-2/h5-8,11H,4,9-10H2,1-3H3;1-2H3;1H2/b6-5-;;. The van der Waals surface area contributed by atoms with Gasteiger partial charge in [0, 0.05) is 23.0 Å². The largest absolute Gasteiger partial charge is 0.341 e. The molecule has 0 spiro atoms. The van der Waals surface area contributed by atoms with Crippen LogP contribution in [0.4, 0.5) is 5.69 Å². The van der Waals surface area contributed by atoms with Gasteiger partial charge in [0.15, 0.2) is 0 Å². The highest BCUT2D eigenvalue weighted by atomic mass is 35.5. The number of nitrogens with zero attached hydrogens (tertiary/aromatic N) is 1. The van der Waals surface area contributed by atoms with Gasteiger partial charge in [0.2, 0.25) is 0 Å². The minimum absolute atomic E-state index is 0.807. The Morgan fingerprint density at radius 1 is 1.27 bits per heavy atom. The Hall–Kier alpha value is -1.54. The van der Waals surface area contributed by atoms with Crippen molar-refractivity contribution in [3.8, 4) is 0 Å². The van der Waals surface area contributed by atoms with Crippen LogP contribution in [0, 0.1) is 6.92 Å². The predicted molar refractivity (Wildman–Crippen MR) is 98.8 cm³/mol. The summed E-state index contributed by atoms with van der Waals surface area (Å²) in [5.74, 6) is 0. The molecule has 0 bridgehead atoms. The zero-order valence-corrected chi connectivity index (χ0v) is 15.2. The molecule has 2 rings (SSSR count).